The zero-order chi connectivity index (χ0) is 14.1. The van der Waals surface area contributed by atoms with E-state index in [4.69, 9.17) is 10.5 Å². The lowest BCUT2D eigenvalue weighted by molar-refractivity contribution is 0.403. The lowest BCUT2D eigenvalue weighted by atomic mass is 10.1. The minimum absolute atomic E-state index is 0.0938. The van der Waals surface area contributed by atoms with Gasteiger partial charge in [0.05, 0.1) is 28.1 Å². The number of hydrogen-bond donors (Lipinski definition) is 1. The quantitative estimate of drug-likeness (QED) is 0.943. The Bertz CT molecular complexity index is 656. The Kier molecular flexibility index (Phi) is 3.59. The fourth-order valence-corrected chi connectivity index (χ4v) is 4.38. The molecule has 2 N–H and O–H groups in total. The second-order valence-electron chi connectivity index (χ2n) is 4.92. The summed E-state index contributed by atoms with van der Waals surface area (Å²) in [5, 5.41) is -0.0938. The van der Waals surface area contributed by atoms with Crippen molar-refractivity contribution >= 4 is 10.8 Å². The molecule has 3 nitrogen and oxygen atoms in total. The summed E-state index contributed by atoms with van der Waals surface area (Å²) in [7, 11) is 0.420. The van der Waals surface area contributed by atoms with Gasteiger partial charge in [0.1, 0.15) is 5.75 Å². The van der Waals surface area contributed by atoms with Crippen LogP contribution >= 0.6 is 0 Å². The van der Waals surface area contributed by atoms with Gasteiger partial charge >= 0.3 is 0 Å². The van der Waals surface area contributed by atoms with Crippen LogP contribution in [0.1, 0.15) is 17.2 Å². The zero-order valence-electron chi connectivity index (χ0n) is 11.3. The molecule has 0 amide bonds. The number of para-hydroxylation sites is 1. The van der Waals surface area contributed by atoms with Crippen LogP contribution in [0.25, 0.3) is 0 Å². The monoisotopic (exact) mass is 287 g/mol. The van der Waals surface area contributed by atoms with E-state index >= 15 is 0 Å². The van der Waals surface area contributed by atoms with Gasteiger partial charge in [-0.15, -0.1) is 0 Å². The fourth-order valence-electron chi connectivity index (χ4n) is 2.75. The first-order valence-electron chi connectivity index (χ1n) is 6.59. The molecule has 0 saturated heterocycles. The highest BCUT2D eigenvalue weighted by molar-refractivity contribution is 7.85. The first-order valence-corrected chi connectivity index (χ1v) is 7.80. The first kappa shape index (κ1) is 13.3. The van der Waals surface area contributed by atoms with Crippen molar-refractivity contribution in [1.82, 2.24) is 0 Å². The number of methoxy groups -OCH3 is 1. The van der Waals surface area contributed by atoms with E-state index in [0.29, 0.717) is 5.75 Å². The van der Waals surface area contributed by atoms with Gasteiger partial charge in [-0.1, -0.05) is 36.4 Å². The fraction of sp³-hybridized carbons (Fsp3) is 0.250. The van der Waals surface area contributed by atoms with Crippen LogP contribution in [0.3, 0.4) is 0 Å². The summed E-state index contributed by atoms with van der Waals surface area (Å²) in [6.45, 7) is 0. The Hall–Kier alpha value is -1.65. The predicted molar refractivity (Wildman–Crippen MR) is 80.3 cm³/mol. The van der Waals surface area contributed by atoms with Gasteiger partial charge in [0.25, 0.3) is 0 Å². The highest BCUT2D eigenvalue weighted by Crippen LogP contribution is 2.36. The third kappa shape index (κ3) is 2.15. The summed E-state index contributed by atoms with van der Waals surface area (Å²) in [4.78, 5) is 0.725. The van der Waals surface area contributed by atoms with Crippen molar-refractivity contribution in [2.75, 3.05) is 7.11 Å². The number of rotatable bonds is 3. The molecule has 4 heteroatoms. The van der Waals surface area contributed by atoms with Crippen LogP contribution in [0.15, 0.2) is 53.4 Å². The van der Waals surface area contributed by atoms with Crippen molar-refractivity contribution in [3.63, 3.8) is 0 Å². The minimum atomic E-state index is -1.18. The zero-order valence-corrected chi connectivity index (χ0v) is 12.1. The predicted octanol–water partition coefficient (Wildman–Crippen LogP) is 2.43. The van der Waals surface area contributed by atoms with Crippen LogP contribution in [0.4, 0.5) is 0 Å². The van der Waals surface area contributed by atoms with Gasteiger partial charge in [0.2, 0.25) is 0 Å². The lowest BCUT2D eigenvalue weighted by Crippen LogP contribution is -2.27. The first-order chi connectivity index (χ1) is 9.72. The molecule has 104 valence electrons. The van der Waals surface area contributed by atoms with Gasteiger partial charge in [0, 0.05) is 6.04 Å². The van der Waals surface area contributed by atoms with Crippen LogP contribution < -0.4 is 10.5 Å². The van der Waals surface area contributed by atoms with Gasteiger partial charge in [-0.05, 0) is 29.7 Å². The number of nitrogens with two attached hydrogens (primary N) is 1. The Labute approximate surface area is 121 Å². The average molecular weight is 287 g/mol. The number of hydrogen-bond acceptors (Lipinski definition) is 3. The van der Waals surface area contributed by atoms with E-state index in [9.17, 15) is 4.21 Å². The maximum Gasteiger partial charge on any atom is 0.134 e. The normalized spacial score (nSPS) is 22.3. The molecule has 0 bridgehead atoms. The highest BCUT2D eigenvalue weighted by atomic mass is 32.2. The summed E-state index contributed by atoms with van der Waals surface area (Å²) >= 11 is 0. The molecule has 0 heterocycles. The summed E-state index contributed by atoms with van der Waals surface area (Å²) < 4.78 is 18.2. The smallest absolute Gasteiger partial charge is 0.134 e. The molecule has 3 atom stereocenters. The molecule has 3 unspecified atom stereocenters. The molecule has 3 rings (SSSR count). The summed E-state index contributed by atoms with van der Waals surface area (Å²) in [5.74, 6) is 0.661. The molecule has 20 heavy (non-hydrogen) atoms. The molecular formula is C16H17NO2S. The lowest BCUT2D eigenvalue weighted by Gasteiger charge is -2.17. The average Bonchev–Trinajstić information content (AvgIpc) is 2.84. The van der Waals surface area contributed by atoms with Crippen LogP contribution in [-0.2, 0) is 17.2 Å². The molecule has 0 aliphatic heterocycles. The van der Waals surface area contributed by atoms with E-state index in [1.807, 2.05) is 42.5 Å². The SMILES string of the molecule is COc1ccccc1S(=O)C1Cc2ccccc2C1N. The Balaban J connectivity index is 1.94. The molecule has 0 spiro atoms. The number of benzene rings is 2. The second-order valence-corrected chi connectivity index (χ2v) is 6.56. The summed E-state index contributed by atoms with van der Waals surface area (Å²) in [6, 6.07) is 15.3. The molecule has 2 aromatic rings. The molecule has 1 aliphatic rings. The van der Waals surface area contributed by atoms with E-state index in [2.05, 4.69) is 6.07 Å². The largest absolute Gasteiger partial charge is 0.495 e. The molecule has 0 radical (unpaired) electrons. The maximum absolute atomic E-state index is 12.9. The van der Waals surface area contributed by atoms with E-state index < -0.39 is 10.8 Å². The summed E-state index contributed by atoms with van der Waals surface area (Å²) in [6.07, 6.45) is 0.752. The van der Waals surface area contributed by atoms with E-state index in [1.165, 1.54) is 5.56 Å². The molecule has 2 aromatic carbocycles. The number of ether oxygens (including phenoxy) is 1. The third-order valence-corrected chi connectivity index (χ3v) is 5.58. The minimum Gasteiger partial charge on any atom is -0.495 e. The van der Waals surface area contributed by atoms with Gasteiger partial charge in [-0.25, -0.2) is 0 Å². The molecule has 0 aromatic heterocycles. The third-order valence-electron chi connectivity index (χ3n) is 3.80. The summed E-state index contributed by atoms with van der Waals surface area (Å²) in [5.41, 5.74) is 8.60. The van der Waals surface area contributed by atoms with Crippen molar-refractivity contribution in [3.8, 4) is 5.75 Å². The van der Waals surface area contributed by atoms with Crippen LogP contribution in [0.2, 0.25) is 0 Å². The van der Waals surface area contributed by atoms with E-state index in [-0.39, 0.29) is 11.3 Å². The standard InChI is InChI=1S/C16H17NO2S/c1-19-13-8-4-5-9-14(13)20(18)15-10-11-6-2-3-7-12(11)16(15)17/h2-9,15-16H,10,17H2,1H3. The van der Waals surface area contributed by atoms with Crippen LogP contribution in [-0.4, -0.2) is 16.6 Å². The van der Waals surface area contributed by atoms with Crippen molar-refractivity contribution < 1.29 is 8.95 Å². The van der Waals surface area contributed by atoms with Gasteiger partial charge in [-0.2, -0.15) is 0 Å². The molecule has 1 aliphatic carbocycles. The molecule has 0 saturated carbocycles. The maximum atomic E-state index is 12.9. The Morgan fingerprint density at radius 2 is 1.85 bits per heavy atom. The van der Waals surface area contributed by atoms with E-state index in [1.54, 1.807) is 7.11 Å². The van der Waals surface area contributed by atoms with Gasteiger partial charge in [-0.3, -0.25) is 4.21 Å². The van der Waals surface area contributed by atoms with Crippen molar-refractivity contribution in [3.05, 3.63) is 59.7 Å². The highest BCUT2D eigenvalue weighted by Gasteiger charge is 2.35. The van der Waals surface area contributed by atoms with Gasteiger partial charge < -0.3 is 10.5 Å². The molecule has 0 fully saturated rings. The van der Waals surface area contributed by atoms with Gasteiger partial charge in [0.15, 0.2) is 0 Å². The Morgan fingerprint density at radius 3 is 2.60 bits per heavy atom. The topological polar surface area (TPSA) is 52.3 Å². The van der Waals surface area contributed by atoms with E-state index in [0.717, 1.165) is 16.9 Å². The molecular weight excluding hydrogens is 270 g/mol. The second kappa shape index (κ2) is 5.38. The van der Waals surface area contributed by atoms with Crippen LogP contribution in [0.5, 0.6) is 5.75 Å². The van der Waals surface area contributed by atoms with Crippen molar-refractivity contribution in [2.45, 2.75) is 22.6 Å². The van der Waals surface area contributed by atoms with Crippen LogP contribution in [0, 0.1) is 0 Å². The number of fused-ring (bicyclic) bond motifs is 1. The van der Waals surface area contributed by atoms with Crippen molar-refractivity contribution in [2.24, 2.45) is 5.73 Å². The van der Waals surface area contributed by atoms with Crippen molar-refractivity contribution in [1.29, 1.82) is 0 Å². The Morgan fingerprint density at radius 1 is 1.15 bits per heavy atom.